The van der Waals surface area contributed by atoms with Crippen LogP contribution in [0.1, 0.15) is 20.7 Å². The lowest BCUT2D eigenvalue weighted by Gasteiger charge is -2.29. The quantitative estimate of drug-likeness (QED) is 0.836. The molecule has 1 N–H and O–H groups in total. The Morgan fingerprint density at radius 2 is 1.63 bits per heavy atom. The van der Waals surface area contributed by atoms with Gasteiger partial charge in [0, 0.05) is 24.5 Å². The van der Waals surface area contributed by atoms with Gasteiger partial charge < -0.3 is 15.0 Å². The van der Waals surface area contributed by atoms with Gasteiger partial charge in [0.15, 0.2) is 0 Å². The number of nitrogens with one attached hydrogen (secondary N) is 1. The van der Waals surface area contributed by atoms with Crippen LogP contribution in [0.4, 0.5) is 11.4 Å². The number of imide groups is 1. The van der Waals surface area contributed by atoms with E-state index in [2.05, 4.69) is 10.2 Å². The van der Waals surface area contributed by atoms with Gasteiger partial charge in [-0.2, -0.15) is 0 Å². The van der Waals surface area contributed by atoms with Gasteiger partial charge in [-0.25, -0.2) is 0 Å². The van der Waals surface area contributed by atoms with E-state index in [9.17, 15) is 14.4 Å². The second-order valence-corrected chi connectivity index (χ2v) is 6.44. The molecule has 0 bridgehead atoms. The zero-order valence-corrected chi connectivity index (χ0v) is 14.7. The van der Waals surface area contributed by atoms with Crippen LogP contribution >= 0.6 is 0 Å². The van der Waals surface area contributed by atoms with Gasteiger partial charge in [0.1, 0.15) is 6.54 Å². The number of benzene rings is 2. The van der Waals surface area contributed by atoms with Gasteiger partial charge in [-0.3, -0.25) is 19.3 Å². The molecule has 7 heteroatoms. The Morgan fingerprint density at radius 1 is 0.963 bits per heavy atom. The van der Waals surface area contributed by atoms with E-state index in [1.54, 1.807) is 30.3 Å². The Morgan fingerprint density at radius 3 is 2.30 bits per heavy atom. The predicted octanol–water partition coefficient (Wildman–Crippen LogP) is 1.76. The molecular weight excluding hydrogens is 346 g/mol. The Balaban J connectivity index is 1.43. The highest BCUT2D eigenvalue weighted by molar-refractivity contribution is 6.22. The fourth-order valence-electron chi connectivity index (χ4n) is 3.33. The molecule has 0 aliphatic carbocycles. The summed E-state index contributed by atoms with van der Waals surface area (Å²) in [5, 5.41) is 2.77. The van der Waals surface area contributed by atoms with Crippen molar-refractivity contribution in [2.24, 2.45) is 0 Å². The van der Waals surface area contributed by atoms with Gasteiger partial charge >= 0.3 is 0 Å². The molecular formula is C20H19N3O4. The summed E-state index contributed by atoms with van der Waals surface area (Å²) < 4.78 is 5.36. The van der Waals surface area contributed by atoms with E-state index in [1.807, 2.05) is 18.2 Å². The molecule has 3 amide bonds. The monoisotopic (exact) mass is 365 g/mol. The first-order valence-corrected chi connectivity index (χ1v) is 8.81. The van der Waals surface area contributed by atoms with Crippen LogP contribution in [0.2, 0.25) is 0 Å². The molecule has 2 aromatic carbocycles. The van der Waals surface area contributed by atoms with Crippen molar-refractivity contribution >= 4 is 29.1 Å². The number of fused-ring (bicyclic) bond motifs is 1. The smallest absolute Gasteiger partial charge is 0.262 e. The zero-order valence-electron chi connectivity index (χ0n) is 14.7. The molecule has 138 valence electrons. The van der Waals surface area contributed by atoms with Crippen LogP contribution < -0.4 is 10.2 Å². The first-order chi connectivity index (χ1) is 13.1. The average Bonchev–Trinajstić information content (AvgIpc) is 2.94. The van der Waals surface area contributed by atoms with Crippen molar-refractivity contribution in [3.8, 4) is 0 Å². The third-order valence-electron chi connectivity index (χ3n) is 4.69. The molecule has 2 heterocycles. The maximum absolute atomic E-state index is 12.4. The summed E-state index contributed by atoms with van der Waals surface area (Å²) in [7, 11) is 0. The first kappa shape index (κ1) is 17.2. The van der Waals surface area contributed by atoms with E-state index in [0.717, 1.165) is 23.7 Å². The van der Waals surface area contributed by atoms with Crippen LogP contribution in [0.3, 0.4) is 0 Å². The molecule has 0 unspecified atom stereocenters. The summed E-state index contributed by atoms with van der Waals surface area (Å²) in [4.78, 5) is 40.3. The Kier molecular flexibility index (Phi) is 4.60. The highest BCUT2D eigenvalue weighted by atomic mass is 16.5. The normalized spacial score (nSPS) is 16.4. The van der Waals surface area contributed by atoms with Crippen molar-refractivity contribution in [1.29, 1.82) is 0 Å². The summed E-state index contributed by atoms with van der Waals surface area (Å²) in [6.45, 7) is 2.64. The van der Waals surface area contributed by atoms with Crippen molar-refractivity contribution in [2.75, 3.05) is 43.1 Å². The number of hydrogen-bond acceptors (Lipinski definition) is 5. The lowest BCUT2D eigenvalue weighted by atomic mass is 10.1. The van der Waals surface area contributed by atoms with Gasteiger partial charge in [-0.15, -0.1) is 0 Å². The number of rotatable bonds is 4. The maximum Gasteiger partial charge on any atom is 0.262 e. The topological polar surface area (TPSA) is 79.0 Å². The highest BCUT2D eigenvalue weighted by Gasteiger charge is 2.36. The number of nitrogens with zero attached hydrogens (tertiary/aromatic N) is 2. The Hall–Kier alpha value is -3.19. The van der Waals surface area contributed by atoms with Gasteiger partial charge in [0.05, 0.1) is 24.3 Å². The summed E-state index contributed by atoms with van der Waals surface area (Å²) in [6.07, 6.45) is 0. The molecule has 4 rings (SSSR count). The minimum Gasteiger partial charge on any atom is -0.378 e. The third kappa shape index (κ3) is 3.41. The van der Waals surface area contributed by atoms with E-state index in [0.29, 0.717) is 30.0 Å². The van der Waals surface area contributed by atoms with E-state index in [-0.39, 0.29) is 6.54 Å². The minimum absolute atomic E-state index is 0.311. The molecule has 1 fully saturated rings. The standard InChI is InChI=1S/C20H19N3O4/c24-18(13-23-19(25)16-6-1-2-7-17(16)20(23)26)21-14-4-3-5-15(12-14)22-8-10-27-11-9-22/h1-7,12H,8-11,13H2,(H,21,24). The highest BCUT2D eigenvalue weighted by Crippen LogP contribution is 2.23. The Labute approximate surface area is 156 Å². The fourth-order valence-corrected chi connectivity index (χ4v) is 3.33. The molecule has 1 saturated heterocycles. The third-order valence-corrected chi connectivity index (χ3v) is 4.69. The van der Waals surface area contributed by atoms with Crippen molar-refractivity contribution < 1.29 is 19.1 Å². The van der Waals surface area contributed by atoms with Gasteiger partial charge in [-0.1, -0.05) is 18.2 Å². The molecule has 2 aliphatic heterocycles. The molecule has 0 saturated carbocycles. The molecule has 0 radical (unpaired) electrons. The van der Waals surface area contributed by atoms with Crippen LogP contribution in [0.15, 0.2) is 48.5 Å². The Bertz CT molecular complexity index is 871. The van der Waals surface area contributed by atoms with Crippen molar-refractivity contribution in [2.45, 2.75) is 0 Å². The second kappa shape index (κ2) is 7.20. The zero-order chi connectivity index (χ0) is 18.8. The van der Waals surface area contributed by atoms with Crippen LogP contribution in [0.5, 0.6) is 0 Å². The maximum atomic E-state index is 12.4. The number of hydrogen-bond donors (Lipinski definition) is 1. The number of anilines is 2. The largest absolute Gasteiger partial charge is 0.378 e. The number of morpholine rings is 1. The molecule has 7 nitrogen and oxygen atoms in total. The molecule has 0 aromatic heterocycles. The summed E-state index contributed by atoms with van der Waals surface area (Å²) in [5.41, 5.74) is 2.30. The molecule has 0 atom stereocenters. The predicted molar refractivity (Wildman–Crippen MR) is 99.9 cm³/mol. The first-order valence-electron chi connectivity index (χ1n) is 8.81. The minimum atomic E-state index is -0.437. The molecule has 27 heavy (non-hydrogen) atoms. The SMILES string of the molecule is O=C(CN1C(=O)c2ccccc2C1=O)Nc1cccc(N2CCOCC2)c1. The number of ether oxygens (including phenoxy) is 1. The summed E-state index contributed by atoms with van der Waals surface area (Å²) in [5.74, 6) is -1.29. The van der Waals surface area contributed by atoms with Crippen LogP contribution in [0, 0.1) is 0 Å². The lowest BCUT2D eigenvalue weighted by Crippen LogP contribution is -2.37. The molecule has 2 aliphatic rings. The second-order valence-electron chi connectivity index (χ2n) is 6.44. The van der Waals surface area contributed by atoms with E-state index in [1.165, 1.54) is 0 Å². The fraction of sp³-hybridized carbons (Fsp3) is 0.250. The number of carbonyl (C=O) groups is 3. The average molecular weight is 365 g/mol. The van der Waals surface area contributed by atoms with Gasteiger partial charge in [-0.05, 0) is 30.3 Å². The van der Waals surface area contributed by atoms with Crippen molar-refractivity contribution in [3.05, 3.63) is 59.7 Å². The number of carbonyl (C=O) groups excluding carboxylic acids is 3. The van der Waals surface area contributed by atoms with E-state index >= 15 is 0 Å². The summed E-state index contributed by atoms with van der Waals surface area (Å²) in [6, 6.07) is 14.1. The lowest BCUT2D eigenvalue weighted by molar-refractivity contribution is -0.116. The van der Waals surface area contributed by atoms with Gasteiger partial charge in [0.2, 0.25) is 5.91 Å². The number of amides is 3. The van der Waals surface area contributed by atoms with Crippen molar-refractivity contribution in [1.82, 2.24) is 4.90 Å². The summed E-state index contributed by atoms with van der Waals surface area (Å²) >= 11 is 0. The van der Waals surface area contributed by atoms with Gasteiger partial charge in [0.25, 0.3) is 11.8 Å². The van der Waals surface area contributed by atoms with Crippen LogP contribution in [0.25, 0.3) is 0 Å². The van der Waals surface area contributed by atoms with Crippen LogP contribution in [-0.2, 0) is 9.53 Å². The van der Waals surface area contributed by atoms with Crippen molar-refractivity contribution in [3.63, 3.8) is 0 Å². The van der Waals surface area contributed by atoms with E-state index in [4.69, 9.17) is 4.74 Å². The molecule has 2 aromatic rings. The van der Waals surface area contributed by atoms with Crippen LogP contribution in [-0.4, -0.2) is 55.5 Å². The van der Waals surface area contributed by atoms with E-state index < -0.39 is 17.7 Å². The molecule has 0 spiro atoms.